The number of carbonyl (C=O) groups is 3. The van der Waals surface area contributed by atoms with Crippen LogP contribution in [-0.2, 0) is 15.0 Å². The van der Waals surface area contributed by atoms with Crippen molar-refractivity contribution in [1.29, 1.82) is 0 Å². The van der Waals surface area contributed by atoms with Crippen molar-refractivity contribution in [1.82, 2.24) is 9.88 Å². The smallest absolute Gasteiger partial charge is 0.248 e. The molecule has 13 heteroatoms. The van der Waals surface area contributed by atoms with Gasteiger partial charge >= 0.3 is 0 Å². The van der Waals surface area contributed by atoms with Gasteiger partial charge in [0.15, 0.2) is 0 Å². The Kier molecular flexibility index (Phi) is 7.59. The number of benzene rings is 2. The third kappa shape index (κ3) is 4.59. The molecule has 2 fully saturated rings. The second-order valence-corrected chi connectivity index (χ2v) is 13.6. The van der Waals surface area contributed by atoms with E-state index in [0.717, 1.165) is 0 Å². The number of fused-ring (bicyclic) bond motifs is 3. The fourth-order valence-corrected chi connectivity index (χ4v) is 7.76. The molecule has 3 aromatic rings. The van der Waals surface area contributed by atoms with Gasteiger partial charge in [-0.05, 0) is 47.7 Å². The van der Waals surface area contributed by atoms with Crippen molar-refractivity contribution in [2.24, 2.45) is 11.1 Å². The summed E-state index contributed by atoms with van der Waals surface area (Å²) in [6.07, 6.45) is 1.90. The van der Waals surface area contributed by atoms with E-state index in [1.165, 1.54) is 47.4 Å². The lowest BCUT2D eigenvalue weighted by molar-refractivity contribution is -0.125. The summed E-state index contributed by atoms with van der Waals surface area (Å²) < 4.78 is 21.8. The van der Waals surface area contributed by atoms with Crippen LogP contribution in [0.4, 0.5) is 15.8 Å². The van der Waals surface area contributed by atoms with Gasteiger partial charge in [-0.25, -0.2) is 9.37 Å². The molecule has 45 heavy (non-hydrogen) atoms. The Balaban J connectivity index is 1.63. The first-order valence-electron chi connectivity index (χ1n) is 14.3. The van der Waals surface area contributed by atoms with Gasteiger partial charge < -0.3 is 15.6 Å². The van der Waals surface area contributed by atoms with Gasteiger partial charge in [0, 0.05) is 29.3 Å². The maximum absolute atomic E-state index is 16.2. The number of carbonyl (C=O) groups excluding carboxylic acids is 3. The largest absolute Gasteiger partial charge is 0.495 e. The van der Waals surface area contributed by atoms with Crippen LogP contribution in [0.3, 0.4) is 0 Å². The van der Waals surface area contributed by atoms with Gasteiger partial charge in [0.2, 0.25) is 17.7 Å². The predicted octanol–water partition coefficient (Wildman–Crippen LogP) is 4.45. The second-order valence-electron chi connectivity index (χ2n) is 12.8. The van der Waals surface area contributed by atoms with E-state index in [9.17, 15) is 19.5 Å². The van der Waals surface area contributed by atoms with E-state index in [2.05, 4.69) is 4.98 Å². The van der Waals surface area contributed by atoms with E-state index in [4.69, 9.17) is 33.7 Å². The summed E-state index contributed by atoms with van der Waals surface area (Å²) in [6.45, 7) is 5.44. The number of nitrogens with two attached hydrogens (primary N) is 1. The first-order chi connectivity index (χ1) is 21.3. The number of hydrogen-bond acceptors (Lipinski definition) is 7. The van der Waals surface area contributed by atoms with Crippen molar-refractivity contribution >= 4 is 52.3 Å². The molecule has 3 amide bonds. The molecule has 3 N–H and O–H groups in total. The summed E-state index contributed by atoms with van der Waals surface area (Å²) in [5.41, 5.74) is 5.05. The van der Waals surface area contributed by atoms with Crippen molar-refractivity contribution in [3.63, 3.8) is 0 Å². The maximum Gasteiger partial charge on any atom is 0.248 e. The maximum atomic E-state index is 16.2. The van der Waals surface area contributed by atoms with Crippen LogP contribution in [-0.4, -0.2) is 65.3 Å². The molecule has 1 spiro atoms. The number of aliphatic hydroxyl groups excluding tert-OH is 1. The van der Waals surface area contributed by atoms with Gasteiger partial charge in [-0.3, -0.25) is 29.1 Å². The molecule has 4 atom stereocenters. The van der Waals surface area contributed by atoms with Gasteiger partial charge in [-0.15, -0.1) is 0 Å². The number of primary amides is 1. The summed E-state index contributed by atoms with van der Waals surface area (Å²) in [7, 11) is 1.42. The molecule has 0 unspecified atom stereocenters. The number of rotatable bonds is 6. The van der Waals surface area contributed by atoms with Gasteiger partial charge in [0.05, 0.1) is 36.2 Å². The Morgan fingerprint density at radius 2 is 1.91 bits per heavy atom. The molecule has 10 nitrogen and oxygen atoms in total. The highest BCUT2D eigenvalue weighted by atomic mass is 35.5. The van der Waals surface area contributed by atoms with Gasteiger partial charge in [-0.2, -0.15) is 0 Å². The molecule has 236 valence electrons. The minimum Gasteiger partial charge on any atom is -0.495 e. The number of amides is 3. The number of pyridine rings is 1. The highest BCUT2D eigenvalue weighted by Crippen LogP contribution is 2.63. The molecular formula is C32H32Cl2FN5O5. The first kappa shape index (κ1) is 31.2. The van der Waals surface area contributed by atoms with Gasteiger partial charge in [0.25, 0.3) is 0 Å². The molecule has 1 aromatic heterocycles. The van der Waals surface area contributed by atoms with Crippen LogP contribution in [0.5, 0.6) is 5.75 Å². The van der Waals surface area contributed by atoms with Crippen molar-refractivity contribution < 1.29 is 28.6 Å². The van der Waals surface area contributed by atoms with E-state index >= 15 is 4.39 Å². The lowest BCUT2D eigenvalue weighted by atomic mass is 9.62. The third-order valence-corrected chi connectivity index (χ3v) is 9.61. The molecule has 2 saturated heterocycles. The molecular weight excluding hydrogens is 624 g/mol. The third-order valence-electron chi connectivity index (χ3n) is 9.12. The lowest BCUT2D eigenvalue weighted by Crippen LogP contribution is -2.54. The van der Waals surface area contributed by atoms with Crippen molar-refractivity contribution in [2.45, 2.75) is 50.6 Å². The minimum atomic E-state index is -1.54. The van der Waals surface area contributed by atoms with Crippen LogP contribution in [0.2, 0.25) is 10.2 Å². The number of ether oxygens (including phenoxy) is 1. The SMILES string of the molecule is COc1cc(C(N)=O)ccc1N1CN2[C@@H](CC(C)(C)C)[C@@]3(C(=O)N(CO)c4cc(Cl)ncc43)[C@@H](c3cccc(Cl)c3F)[C@@H]2C1=O. The Hall–Kier alpha value is -3.77. The quantitative estimate of drug-likeness (QED) is 0.376. The lowest BCUT2D eigenvalue weighted by Gasteiger charge is -2.40. The van der Waals surface area contributed by atoms with Crippen LogP contribution in [0.1, 0.15) is 54.6 Å². The van der Waals surface area contributed by atoms with E-state index in [-0.39, 0.29) is 39.1 Å². The summed E-state index contributed by atoms with van der Waals surface area (Å²) in [5.74, 6) is -3.12. The predicted molar refractivity (Wildman–Crippen MR) is 167 cm³/mol. The average Bonchev–Trinajstić information content (AvgIpc) is 3.54. The Bertz CT molecular complexity index is 1750. The molecule has 0 aliphatic carbocycles. The van der Waals surface area contributed by atoms with E-state index < -0.39 is 53.7 Å². The fourth-order valence-electron chi connectivity index (χ4n) is 7.42. The monoisotopic (exact) mass is 655 g/mol. The molecule has 0 radical (unpaired) electrons. The van der Waals surface area contributed by atoms with Crippen LogP contribution in [0.15, 0.2) is 48.7 Å². The number of methoxy groups -OCH3 is 1. The summed E-state index contributed by atoms with van der Waals surface area (Å²) >= 11 is 12.6. The number of aliphatic hydroxyl groups is 1. The normalized spacial score (nSPS) is 24.5. The Morgan fingerprint density at radius 1 is 1.18 bits per heavy atom. The van der Waals surface area contributed by atoms with E-state index in [1.54, 1.807) is 18.2 Å². The number of halogens is 3. The van der Waals surface area contributed by atoms with Crippen molar-refractivity contribution in [3.05, 3.63) is 81.3 Å². The zero-order valence-electron chi connectivity index (χ0n) is 25.1. The number of aromatic nitrogens is 1. The van der Waals surface area contributed by atoms with Crippen LogP contribution >= 0.6 is 23.2 Å². The average molecular weight is 657 g/mol. The molecule has 3 aliphatic heterocycles. The minimum absolute atomic E-state index is 0.0275. The Labute approximate surface area is 269 Å². The fraction of sp³-hybridized carbons (Fsp3) is 0.375. The molecule has 0 bridgehead atoms. The zero-order valence-corrected chi connectivity index (χ0v) is 26.6. The van der Waals surface area contributed by atoms with Crippen LogP contribution in [0.25, 0.3) is 0 Å². The molecule has 6 rings (SSSR count). The molecule has 2 aromatic carbocycles. The summed E-state index contributed by atoms with van der Waals surface area (Å²) in [4.78, 5) is 50.4. The number of anilines is 2. The zero-order chi connectivity index (χ0) is 32.6. The van der Waals surface area contributed by atoms with E-state index in [1.807, 2.05) is 25.7 Å². The van der Waals surface area contributed by atoms with Crippen molar-refractivity contribution in [3.8, 4) is 5.75 Å². The van der Waals surface area contributed by atoms with Crippen LogP contribution in [0, 0.1) is 11.2 Å². The Morgan fingerprint density at radius 3 is 2.56 bits per heavy atom. The summed E-state index contributed by atoms with van der Waals surface area (Å²) in [5, 5.41) is 10.4. The second kappa shape index (κ2) is 10.9. The van der Waals surface area contributed by atoms with Gasteiger partial charge in [0.1, 0.15) is 28.9 Å². The van der Waals surface area contributed by atoms with Crippen molar-refractivity contribution in [2.75, 3.05) is 30.3 Å². The number of nitrogens with zero attached hydrogens (tertiary/aromatic N) is 4. The highest BCUT2D eigenvalue weighted by molar-refractivity contribution is 6.31. The summed E-state index contributed by atoms with van der Waals surface area (Å²) in [6, 6.07) is 8.89. The van der Waals surface area contributed by atoms with Crippen LogP contribution < -0.4 is 20.3 Å². The standard InChI is InChI=1S/C32H32Cl2FN5O5/c1-31(2,3)12-23-32(18-13-37-24(34)11-21(18)40(15-41)30(32)44)25(17-6-5-7-19(33)26(17)35)27-29(43)38(14-39(23)27)20-9-8-16(28(36)42)10-22(20)45-4/h5-11,13,23,25,27,41H,12,14-15H2,1-4H3,(H2,36,42)/t23-,25-,27+,32+/m0/s1. The molecule has 3 aliphatic rings. The highest BCUT2D eigenvalue weighted by Gasteiger charge is 2.73. The first-order valence-corrected chi connectivity index (χ1v) is 15.1. The molecule has 0 saturated carbocycles. The number of hydrogen-bond donors (Lipinski definition) is 2. The van der Waals surface area contributed by atoms with E-state index in [0.29, 0.717) is 23.4 Å². The van der Waals surface area contributed by atoms with Gasteiger partial charge in [-0.1, -0.05) is 56.1 Å². The molecule has 4 heterocycles. The topological polar surface area (TPSA) is 129 Å².